The Kier molecular flexibility index (Phi) is 9.65. The third-order valence-corrected chi connectivity index (χ3v) is 8.42. The number of ether oxygens (including phenoxy) is 1. The molecule has 196 valence electrons. The summed E-state index contributed by atoms with van der Waals surface area (Å²) in [5, 5.41) is 3.13. The molecule has 3 aromatic rings. The molecule has 2 heterocycles. The summed E-state index contributed by atoms with van der Waals surface area (Å²) in [5.41, 5.74) is 2.89. The zero-order chi connectivity index (χ0) is 26.4. The van der Waals surface area contributed by atoms with Crippen LogP contribution >= 0.6 is 34.5 Å². The SMILES string of the molecule is CCC(C(=O)N(CCCOC)CC(=O)N1CCc2sccc2C1c1ccc(Cl)cc1Cl)c1ccccc1. The molecule has 0 bridgehead atoms. The number of benzene rings is 2. The van der Waals surface area contributed by atoms with Crippen molar-refractivity contribution in [3.63, 3.8) is 0 Å². The molecule has 2 amide bonds. The second kappa shape index (κ2) is 12.9. The number of amides is 2. The van der Waals surface area contributed by atoms with E-state index >= 15 is 0 Å². The third kappa shape index (κ3) is 6.37. The average Bonchev–Trinajstić information content (AvgIpc) is 3.38. The van der Waals surface area contributed by atoms with Crippen LogP contribution in [0, 0.1) is 0 Å². The lowest BCUT2D eigenvalue weighted by Gasteiger charge is -2.38. The van der Waals surface area contributed by atoms with Gasteiger partial charge in [-0.2, -0.15) is 0 Å². The fourth-order valence-corrected chi connectivity index (χ4v) is 6.44. The van der Waals surface area contributed by atoms with E-state index in [2.05, 4.69) is 11.4 Å². The van der Waals surface area contributed by atoms with E-state index in [-0.39, 0.29) is 30.3 Å². The Bertz CT molecular complexity index is 1220. The quantitative estimate of drug-likeness (QED) is 0.264. The van der Waals surface area contributed by atoms with Gasteiger partial charge in [0.1, 0.15) is 0 Å². The van der Waals surface area contributed by atoms with Gasteiger partial charge in [0.05, 0.1) is 18.5 Å². The van der Waals surface area contributed by atoms with E-state index in [9.17, 15) is 9.59 Å². The van der Waals surface area contributed by atoms with E-state index < -0.39 is 0 Å². The van der Waals surface area contributed by atoms with E-state index in [4.69, 9.17) is 27.9 Å². The van der Waals surface area contributed by atoms with Crippen molar-refractivity contribution >= 4 is 46.4 Å². The highest BCUT2D eigenvalue weighted by molar-refractivity contribution is 7.10. The summed E-state index contributed by atoms with van der Waals surface area (Å²) in [5.74, 6) is -0.433. The zero-order valence-electron chi connectivity index (χ0n) is 21.2. The van der Waals surface area contributed by atoms with Crippen molar-refractivity contribution in [2.45, 2.75) is 38.1 Å². The maximum absolute atomic E-state index is 13.9. The van der Waals surface area contributed by atoms with Crippen molar-refractivity contribution < 1.29 is 14.3 Å². The molecule has 0 radical (unpaired) electrons. The number of thiophene rings is 1. The second-order valence-corrected chi connectivity index (χ2v) is 11.0. The lowest BCUT2D eigenvalue weighted by atomic mass is 9.92. The van der Waals surface area contributed by atoms with Crippen LogP contribution in [0.2, 0.25) is 10.0 Å². The first kappa shape index (κ1) is 27.6. The molecular formula is C29H32Cl2N2O3S. The standard InChI is InChI=1S/C29H32Cl2N2O3S/c1-3-22(20-8-5-4-6-9-20)29(35)32(14-7-16-36-2)19-27(34)33-15-12-26-24(13-17-37-26)28(33)23-11-10-21(30)18-25(23)31/h4-6,8-11,13,17-18,22,28H,3,7,12,14-16,19H2,1-2H3. The predicted octanol–water partition coefficient (Wildman–Crippen LogP) is 6.59. The lowest BCUT2D eigenvalue weighted by molar-refractivity contribution is -0.142. The molecule has 0 saturated carbocycles. The number of fused-ring (bicyclic) bond motifs is 1. The van der Waals surface area contributed by atoms with Crippen molar-refractivity contribution in [1.82, 2.24) is 9.80 Å². The van der Waals surface area contributed by atoms with E-state index in [1.807, 2.05) is 48.2 Å². The Morgan fingerprint density at radius 3 is 2.62 bits per heavy atom. The third-order valence-electron chi connectivity index (χ3n) is 6.87. The van der Waals surface area contributed by atoms with Crippen LogP contribution in [-0.4, -0.2) is 55.0 Å². The first-order valence-electron chi connectivity index (χ1n) is 12.6. The average molecular weight is 560 g/mol. The van der Waals surface area contributed by atoms with Crippen LogP contribution < -0.4 is 0 Å². The van der Waals surface area contributed by atoms with Gasteiger partial charge < -0.3 is 14.5 Å². The van der Waals surface area contributed by atoms with Crippen LogP contribution in [0.3, 0.4) is 0 Å². The second-order valence-electron chi connectivity index (χ2n) is 9.18. The molecular weight excluding hydrogens is 527 g/mol. The highest BCUT2D eigenvalue weighted by atomic mass is 35.5. The highest BCUT2D eigenvalue weighted by Gasteiger charge is 2.35. The van der Waals surface area contributed by atoms with Crippen LogP contribution in [0.15, 0.2) is 60.0 Å². The monoisotopic (exact) mass is 558 g/mol. The molecule has 0 N–H and O–H groups in total. The van der Waals surface area contributed by atoms with E-state index in [0.29, 0.717) is 42.6 Å². The van der Waals surface area contributed by atoms with Crippen LogP contribution in [0.5, 0.6) is 0 Å². The minimum atomic E-state index is -0.320. The number of methoxy groups -OCH3 is 1. The summed E-state index contributed by atoms with van der Waals surface area (Å²) in [6, 6.07) is 16.9. The molecule has 4 rings (SSSR count). The number of nitrogens with zero attached hydrogens (tertiary/aromatic N) is 2. The van der Waals surface area contributed by atoms with E-state index in [0.717, 1.165) is 23.1 Å². The van der Waals surface area contributed by atoms with E-state index in [1.54, 1.807) is 35.5 Å². The van der Waals surface area contributed by atoms with Crippen molar-refractivity contribution in [1.29, 1.82) is 0 Å². The normalized spacial score (nSPS) is 15.8. The van der Waals surface area contributed by atoms with Gasteiger partial charge in [-0.25, -0.2) is 0 Å². The van der Waals surface area contributed by atoms with Gasteiger partial charge in [-0.3, -0.25) is 9.59 Å². The molecule has 0 fully saturated rings. The largest absolute Gasteiger partial charge is 0.385 e. The maximum Gasteiger partial charge on any atom is 0.242 e. The van der Waals surface area contributed by atoms with Gasteiger partial charge in [0, 0.05) is 41.7 Å². The number of carbonyl (C=O) groups is 2. The van der Waals surface area contributed by atoms with Crippen molar-refractivity contribution in [2.75, 3.05) is 33.4 Å². The van der Waals surface area contributed by atoms with Crippen molar-refractivity contribution in [2.24, 2.45) is 0 Å². The van der Waals surface area contributed by atoms with E-state index in [1.165, 1.54) is 4.88 Å². The van der Waals surface area contributed by atoms with Crippen LogP contribution in [-0.2, 0) is 20.7 Å². The molecule has 5 nitrogen and oxygen atoms in total. The van der Waals surface area contributed by atoms with Gasteiger partial charge in [-0.1, -0.05) is 66.5 Å². The van der Waals surface area contributed by atoms with Gasteiger partial charge in [-0.15, -0.1) is 11.3 Å². The topological polar surface area (TPSA) is 49.9 Å². The minimum absolute atomic E-state index is 0.00700. The fraction of sp³-hybridized carbons (Fsp3) is 0.379. The summed E-state index contributed by atoms with van der Waals surface area (Å²) in [7, 11) is 1.64. The minimum Gasteiger partial charge on any atom is -0.385 e. The zero-order valence-corrected chi connectivity index (χ0v) is 23.5. The fourth-order valence-electron chi connectivity index (χ4n) is 5.02. The summed E-state index contributed by atoms with van der Waals surface area (Å²) in [6.45, 7) is 3.54. The number of rotatable bonds is 10. The smallest absolute Gasteiger partial charge is 0.242 e. The summed E-state index contributed by atoms with van der Waals surface area (Å²) in [4.78, 5) is 32.5. The van der Waals surface area contributed by atoms with Gasteiger partial charge in [0.15, 0.2) is 0 Å². The van der Waals surface area contributed by atoms with Crippen molar-refractivity contribution in [3.05, 3.63) is 91.6 Å². The Hall–Kier alpha value is -2.38. The Balaban J connectivity index is 1.62. The van der Waals surface area contributed by atoms with Gasteiger partial charge in [0.25, 0.3) is 0 Å². The number of hydrogen-bond acceptors (Lipinski definition) is 4. The molecule has 0 saturated heterocycles. The van der Waals surface area contributed by atoms with Gasteiger partial charge >= 0.3 is 0 Å². The Morgan fingerprint density at radius 2 is 1.92 bits per heavy atom. The molecule has 2 unspecified atom stereocenters. The molecule has 2 aromatic carbocycles. The highest BCUT2D eigenvalue weighted by Crippen LogP contribution is 2.41. The van der Waals surface area contributed by atoms with Crippen LogP contribution in [0.1, 0.15) is 53.3 Å². The molecule has 0 aliphatic carbocycles. The first-order chi connectivity index (χ1) is 17.9. The maximum atomic E-state index is 13.9. The molecule has 8 heteroatoms. The van der Waals surface area contributed by atoms with Gasteiger partial charge in [-0.05, 0) is 59.5 Å². The molecule has 2 atom stereocenters. The first-order valence-corrected chi connectivity index (χ1v) is 14.2. The van der Waals surface area contributed by atoms with Crippen molar-refractivity contribution in [3.8, 4) is 0 Å². The lowest BCUT2D eigenvalue weighted by Crippen LogP contribution is -2.48. The Morgan fingerprint density at radius 1 is 1.14 bits per heavy atom. The Labute approximate surface area is 232 Å². The number of hydrogen-bond donors (Lipinski definition) is 0. The van der Waals surface area contributed by atoms with Gasteiger partial charge in [0.2, 0.25) is 11.8 Å². The van der Waals surface area contributed by atoms with Crippen LogP contribution in [0.4, 0.5) is 0 Å². The summed E-state index contributed by atoms with van der Waals surface area (Å²) in [6.07, 6.45) is 2.09. The molecule has 1 aliphatic heterocycles. The van der Waals surface area contributed by atoms with Crippen LogP contribution in [0.25, 0.3) is 0 Å². The predicted molar refractivity (Wildman–Crippen MR) is 151 cm³/mol. The number of carbonyl (C=O) groups excluding carboxylic acids is 2. The molecule has 1 aromatic heterocycles. The molecule has 37 heavy (non-hydrogen) atoms. The molecule has 1 aliphatic rings. The molecule has 0 spiro atoms. The summed E-state index contributed by atoms with van der Waals surface area (Å²) < 4.78 is 5.24. The number of halogens is 2. The summed E-state index contributed by atoms with van der Waals surface area (Å²) >= 11 is 14.5.